The number of aromatic nitrogens is 1. The van der Waals surface area contributed by atoms with E-state index < -0.39 is 12.1 Å². The molecule has 0 unspecified atom stereocenters. The highest BCUT2D eigenvalue weighted by atomic mass is 79.9. The summed E-state index contributed by atoms with van der Waals surface area (Å²) in [7, 11) is 1.32. The highest BCUT2D eigenvalue weighted by molar-refractivity contribution is 9.11. The molecule has 110 valence electrons. The van der Waals surface area contributed by atoms with E-state index in [0.717, 1.165) is 4.70 Å². The van der Waals surface area contributed by atoms with Gasteiger partial charge < -0.3 is 14.8 Å². The molecule has 0 saturated carbocycles. The van der Waals surface area contributed by atoms with E-state index in [1.54, 1.807) is 12.1 Å². The number of hydrogen-bond acceptors (Lipinski definition) is 6. The number of esters is 1. The minimum Gasteiger partial charge on any atom is -0.478 e. The minimum absolute atomic E-state index is 0.152. The Labute approximate surface area is 132 Å². The molecule has 1 aliphatic rings. The maximum atomic E-state index is 11.7. The molecule has 1 atom stereocenters. The smallest absolute Gasteiger partial charge is 0.338 e. The summed E-state index contributed by atoms with van der Waals surface area (Å²) in [5.41, 5.74) is 0.994. The van der Waals surface area contributed by atoms with Crippen molar-refractivity contribution in [1.82, 2.24) is 10.3 Å². The standard InChI is InChI=1S/C13H11BrN2O4S/c1-19-12(18)6-4-8(20-7-2-3-15-11(7)17)10-9(5-6)21-13(14)16-10/h4-5,7H,2-3H2,1H3,(H,15,17)/t7-/m1/s1. The van der Waals surface area contributed by atoms with Gasteiger partial charge >= 0.3 is 5.97 Å². The van der Waals surface area contributed by atoms with Gasteiger partial charge in [0.25, 0.3) is 5.91 Å². The third-order valence-corrected chi connectivity index (χ3v) is 4.58. The minimum atomic E-state index is -0.554. The van der Waals surface area contributed by atoms with E-state index in [-0.39, 0.29) is 5.91 Å². The maximum absolute atomic E-state index is 11.7. The lowest BCUT2D eigenvalue weighted by molar-refractivity contribution is -0.124. The summed E-state index contributed by atoms with van der Waals surface area (Å²) < 4.78 is 12.0. The first-order chi connectivity index (χ1) is 10.1. The van der Waals surface area contributed by atoms with Gasteiger partial charge in [-0.1, -0.05) is 0 Å². The molecule has 1 saturated heterocycles. The van der Waals surface area contributed by atoms with Crippen LogP contribution in [-0.2, 0) is 9.53 Å². The van der Waals surface area contributed by atoms with Crippen molar-refractivity contribution in [1.29, 1.82) is 0 Å². The van der Waals surface area contributed by atoms with Crippen LogP contribution in [0.4, 0.5) is 0 Å². The zero-order valence-corrected chi connectivity index (χ0v) is 13.4. The first kappa shape index (κ1) is 14.3. The van der Waals surface area contributed by atoms with Crippen molar-refractivity contribution in [2.24, 2.45) is 0 Å². The van der Waals surface area contributed by atoms with Crippen molar-refractivity contribution in [3.05, 3.63) is 21.6 Å². The Morgan fingerprint density at radius 1 is 1.52 bits per heavy atom. The van der Waals surface area contributed by atoms with E-state index in [1.807, 2.05) is 0 Å². The largest absolute Gasteiger partial charge is 0.478 e. The highest BCUT2D eigenvalue weighted by Gasteiger charge is 2.27. The Morgan fingerprint density at radius 3 is 3.00 bits per heavy atom. The molecule has 21 heavy (non-hydrogen) atoms. The average Bonchev–Trinajstić information content (AvgIpc) is 3.03. The van der Waals surface area contributed by atoms with Crippen LogP contribution >= 0.6 is 27.3 Å². The van der Waals surface area contributed by atoms with Gasteiger partial charge in [0.1, 0.15) is 11.3 Å². The summed E-state index contributed by atoms with van der Waals surface area (Å²) in [4.78, 5) is 27.7. The molecule has 1 aliphatic heterocycles. The van der Waals surface area contributed by atoms with Crippen LogP contribution in [0.15, 0.2) is 16.0 Å². The molecule has 0 aliphatic carbocycles. The van der Waals surface area contributed by atoms with Crippen LogP contribution in [0.1, 0.15) is 16.8 Å². The number of carbonyl (C=O) groups is 2. The monoisotopic (exact) mass is 370 g/mol. The first-order valence-corrected chi connectivity index (χ1v) is 7.82. The number of ether oxygens (including phenoxy) is 2. The molecule has 6 nitrogen and oxygen atoms in total. The number of amides is 1. The number of thiazole rings is 1. The third kappa shape index (κ3) is 2.73. The molecule has 2 heterocycles. The summed E-state index contributed by atoms with van der Waals surface area (Å²) >= 11 is 4.70. The van der Waals surface area contributed by atoms with Crippen LogP contribution in [0.25, 0.3) is 10.2 Å². The fourth-order valence-electron chi connectivity index (χ4n) is 2.13. The number of halogens is 1. The number of nitrogens with one attached hydrogen (secondary N) is 1. The molecular formula is C13H11BrN2O4S. The lowest BCUT2D eigenvalue weighted by Gasteiger charge is -2.12. The van der Waals surface area contributed by atoms with E-state index in [9.17, 15) is 9.59 Å². The van der Waals surface area contributed by atoms with Crippen LogP contribution in [0.3, 0.4) is 0 Å². The second kappa shape index (κ2) is 5.61. The summed E-state index contributed by atoms with van der Waals surface area (Å²) in [6.07, 6.45) is 0.0373. The maximum Gasteiger partial charge on any atom is 0.338 e. The Morgan fingerprint density at radius 2 is 2.33 bits per heavy atom. The topological polar surface area (TPSA) is 77.5 Å². The molecule has 0 bridgehead atoms. The van der Waals surface area contributed by atoms with Crippen LogP contribution in [-0.4, -0.2) is 36.6 Å². The molecular weight excluding hydrogens is 360 g/mol. The molecule has 2 aromatic rings. The lowest BCUT2D eigenvalue weighted by atomic mass is 10.2. The second-order valence-electron chi connectivity index (χ2n) is 4.47. The lowest BCUT2D eigenvalue weighted by Crippen LogP contribution is -2.27. The molecule has 1 aromatic carbocycles. The number of carbonyl (C=O) groups excluding carboxylic acids is 2. The molecule has 1 N–H and O–H groups in total. The van der Waals surface area contributed by atoms with Crippen LogP contribution < -0.4 is 10.1 Å². The van der Waals surface area contributed by atoms with Crippen molar-refractivity contribution < 1.29 is 19.1 Å². The summed E-state index contributed by atoms with van der Waals surface area (Å²) in [5.74, 6) is -0.194. The number of nitrogens with zero attached hydrogens (tertiary/aromatic N) is 1. The van der Waals surface area contributed by atoms with Gasteiger partial charge in [-0.3, -0.25) is 4.79 Å². The molecule has 1 aromatic heterocycles. The van der Waals surface area contributed by atoms with E-state index in [4.69, 9.17) is 9.47 Å². The summed E-state index contributed by atoms with van der Waals surface area (Å²) in [6.45, 7) is 0.587. The summed E-state index contributed by atoms with van der Waals surface area (Å²) in [6, 6.07) is 3.26. The zero-order valence-electron chi connectivity index (χ0n) is 11.0. The Hall–Kier alpha value is -1.67. The molecule has 8 heteroatoms. The van der Waals surface area contributed by atoms with Gasteiger partial charge in [0.15, 0.2) is 10.0 Å². The van der Waals surface area contributed by atoms with Gasteiger partial charge in [-0.25, -0.2) is 9.78 Å². The Kier molecular flexibility index (Phi) is 3.81. The number of rotatable bonds is 3. The fourth-order valence-corrected chi connectivity index (χ4v) is 3.58. The fraction of sp³-hybridized carbons (Fsp3) is 0.308. The SMILES string of the molecule is COC(=O)c1cc(O[C@@H]2CCNC2=O)c2nc(Br)sc2c1. The van der Waals surface area contributed by atoms with Crippen molar-refractivity contribution in [3.63, 3.8) is 0 Å². The predicted molar refractivity (Wildman–Crippen MR) is 80.7 cm³/mol. The van der Waals surface area contributed by atoms with Gasteiger partial charge in [0.05, 0.1) is 17.4 Å². The normalized spacial score (nSPS) is 17.8. The highest BCUT2D eigenvalue weighted by Crippen LogP contribution is 2.35. The van der Waals surface area contributed by atoms with Gasteiger partial charge in [-0.2, -0.15) is 0 Å². The molecule has 0 spiro atoms. The molecule has 0 radical (unpaired) electrons. The number of methoxy groups -OCH3 is 1. The average molecular weight is 371 g/mol. The van der Waals surface area contributed by atoms with Crippen LogP contribution in [0.5, 0.6) is 5.75 Å². The van der Waals surface area contributed by atoms with Gasteiger partial charge in [0, 0.05) is 13.0 Å². The van der Waals surface area contributed by atoms with E-state index >= 15 is 0 Å². The molecule has 1 amide bonds. The van der Waals surface area contributed by atoms with Crippen molar-refractivity contribution >= 4 is 49.4 Å². The zero-order chi connectivity index (χ0) is 15.0. The van der Waals surface area contributed by atoms with Crippen molar-refractivity contribution in [2.45, 2.75) is 12.5 Å². The van der Waals surface area contributed by atoms with Crippen LogP contribution in [0, 0.1) is 0 Å². The van der Waals surface area contributed by atoms with E-state index in [0.29, 0.717) is 33.7 Å². The molecule has 3 rings (SSSR count). The Balaban J connectivity index is 2.05. The van der Waals surface area contributed by atoms with Crippen molar-refractivity contribution in [3.8, 4) is 5.75 Å². The predicted octanol–water partition coefficient (Wildman–Crippen LogP) is 2.11. The van der Waals surface area contributed by atoms with Crippen molar-refractivity contribution in [2.75, 3.05) is 13.7 Å². The summed E-state index contributed by atoms with van der Waals surface area (Å²) in [5, 5.41) is 2.71. The van der Waals surface area contributed by atoms with E-state index in [1.165, 1.54) is 18.4 Å². The number of benzene rings is 1. The van der Waals surface area contributed by atoms with Crippen LogP contribution in [0.2, 0.25) is 0 Å². The third-order valence-electron chi connectivity index (χ3n) is 3.12. The van der Waals surface area contributed by atoms with Gasteiger partial charge in [0.2, 0.25) is 0 Å². The number of fused-ring (bicyclic) bond motifs is 1. The van der Waals surface area contributed by atoms with Gasteiger partial charge in [-0.15, -0.1) is 11.3 Å². The van der Waals surface area contributed by atoms with Gasteiger partial charge in [-0.05, 0) is 28.1 Å². The quantitative estimate of drug-likeness (QED) is 0.837. The van der Waals surface area contributed by atoms with E-state index in [2.05, 4.69) is 26.2 Å². The molecule has 1 fully saturated rings. The second-order valence-corrected chi connectivity index (χ2v) is 6.77. The Bertz CT molecular complexity index is 730. The first-order valence-electron chi connectivity index (χ1n) is 6.21. The number of hydrogen-bond donors (Lipinski definition) is 1.